The van der Waals surface area contributed by atoms with Crippen molar-refractivity contribution in [3.63, 3.8) is 0 Å². The number of hydrogen-bond donors (Lipinski definition) is 3. The van der Waals surface area contributed by atoms with E-state index in [0.717, 1.165) is 17.7 Å². The molecule has 0 spiro atoms. The smallest absolute Gasteiger partial charge is 0.313 e. The summed E-state index contributed by atoms with van der Waals surface area (Å²) >= 11 is 1.60. The van der Waals surface area contributed by atoms with Crippen LogP contribution in [0.25, 0.3) is 0 Å². The lowest BCUT2D eigenvalue weighted by atomic mass is 10.1. The van der Waals surface area contributed by atoms with Crippen LogP contribution in [0.3, 0.4) is 0 Å². The second kappa shape index (κ2) is 10.3. The zero-order chi connectivity index (χ0) is 21.5. The summed E-state index contributed by atoms with van der Waals surface area (Å²) in [5, 5.41) is 15.2. The van der Waals surface area contributed by atoms with Gasteiger partial charge >= 0.3 is 11.8 Å². The lowest BCUT2D eigenvalue weighted by Gasteiger charge is -2.27. The molecular formula is C22H25N3O4S. The van der Waals surface area contributed by atoms with E-state index in [1.54, 1.807) is 53.1 Å². The van der Waals surface area contributed by atoms with Crippen LogP contribution in [-0.4, -0.2) is 42.2 Å². The predicted molar refractivity (Wildman–Crippen MR) is 117 cm³/mol. The molecule has 3 rings (SSSR count). The van der Waals surface area contributed by atoms with Gasteiger partial charge in [0.2, 0.25) is 5.91 Å². The fourth-order valence-corrected chi connectivity index (χ4v) is 3.64. The molecule has 158 valence electrons. The lowest BCUT2D eigenvalue weighted by molar-refractivity contribution is -0.136. The highest BCUT2D eigenvalue weighted by Gasteiger charge is 2.21. The number of aliphatic hydroxyl groups excluding tert-OH is 1. The summed E-state index contributed by atoms with van der Waals surface area (Å²) in [6.07, 6.45) is 3.39. The van der Waals surface area contributed by atoms with Crippen molar-refractivity contribution < 1.29 is 19.5 Å². The first-order valence-electron chi connectivity index (χ1n) is 9.79. The van der Waals surface area contributed by atoms with Crippen molar-refractivity contribution in [2.45, 2.75) is 30.3 Å². The summed E-state index contributed by atoms with van der Waals surface area (Å²) in [5.74, 6) is -1.61. The van der Waals surface area contributed by atoms with Gasteiger partial charge in [0.1, 0.15) is 0 Å². The van der Waals surface area contributed by atoms with E-state index in [1.165, 1.54) is 0 Å². The number of nitrogens with one attached hydrogen (secondary N) is 2. The van der Waals surface area contributed by atoms with Crippen LogP contribution >= 0.6 is 11.8 Å². The van der Waals surface area contributed by atoms with Crippen LogP contribution in [0.4, 0.5) is 11.4 Å². The minimum absolute atomic E-state index is 0.0574. The van der Waals surface area contributed by atoms with Crippen molar-refractivity contribution in [3.05, 3.63) is 54.1 Å². The van der Waals surface area contributed by atoms with E-state index in [4.69, 9.17) is 0 Å². The maximum absolute atomic E-state index is 12.2. The SMILES string of the molecule is CSc1ccc(C(O)CNC(=O)C(=O)Nc2cccc(N3CCCCC3=O)c2)cc1. The average molecular weight is 428 g/mol. The summed E-state index contributed by atoms with van der Waals surface area (Å²) in [6, 6.07) is 14.2. The Morgan fingerprint density at radius 2 is 1.90 bits per heavy atom. The summed E-state index contributed by atoms with van der Waals surface area (Å²) in [7, 11) is 0. The van der Waals surface area contributed by atoms with Crippen LogP contribution < -0.4 is 15.5 Å². The molecule has 1 unspecified atom stereocenters. The molecule has 0 saturated carbocycles. The number of carbonyl (C=O) groups is 3. The first-order chi connectivity index (χ1) is 14.5. The molecule has 0 aromatic heterocycles. The third kappa shape index (κ3) is 5.61. The number of hydrogen-bond acceptors (Lipinski definition) is 5. The standard InChI is InChI=1S/C22H25N3O4S/c1-30-18-10-8-15(9-11-18)19(26)14-23-21(28)22(29)24-16-5-4-6-17(13-16)25-12-3-2-7-20(25)27/h4-6,8-11,13,19,26H,2-3,7,12,14H2,1H3,(H,23,28)(H,24,29). The van der Waals surface area contributed by atoms with E-state index in [-0.39, 0.29) is 12.5 Å². The molecule has 3 N–H and O–H groups in total. The Morgan fingerprint density at radius 3 is 2.60 bits per heavy atom. The van der Waals surface area contributed by atoms with E-state index in [9.17, 15) is 19.5 Å². The third-order valence-electron chi connectivity index (χ3n) is 4.90. The first-order valence-corrected chi connectivity index (χ1v) is 11.0. The van der Waals surface area contributed by atoms with Gasteiger partial charge in [-0.15, -0.1) is 11.8 Å². The monoisotopic (exact) mass is 427 g/mol. The van der Waals surface area contributed by atoms with Gasteiger partial charge in [-0.05, 0) is 55.0 Å². The van der Waals surface area contributed by atoms with E-state index in [2.05, 4.69) is 10.6 Å². The molecule has 30 heavy (non-hydrogen) atoms. The van der Waals surface area contributed by atoms with Gasteiger partial charge in [-0.2, -0.15) is 0 Å². The van der Waals surface area contributed by atoms with E-state index >= 15 is 0 Å². The number of piperidine rings is 1. The van der Waals surface area contributed by atoms with Gasteiger partial charge in [-0.1, -0.05) is 18.2 Å². The predicted octanol–water partition coefficient (Wildman–Crippen LogP) is 2.71. The maximum Gasteiger partial charge on any atom is 0.313 e. The van der Waals surface area contributed by atoms with Gasteiger partial charge in [0.15, 0.2) is 0 Å². The molecule has 1 aliphatic heterocycles. The van der Waals surface area contributed by atoms with Crippen molar-refractivity contribution in [3.8, 4) is 0 Å². The Morgan fingerprint density at radius 1 is 1.13 bits per heavy atom. The average Bonchev–Trinajstić information content (AvgIpc) is 2.77. The minimum Gasteiger partial charge on any atom is -0.387 e. The number of carbonyl (C=O) groups excluding carboxylic acids is 3. The molecule has 2 aromatic carbocycles. The van der Waals surface area contributed by atoms with E-state index in [1.807, 2.05) is 18.4 Å². The van der Waals surface area contributed by atoms with Crippen LogP contribution in [0.2, 0.25) is 0 Å². The number of benzene rings is 2. The normalized spacial score (nSPS) is 14.9. The van der Waals surface area contributed by atoms with Gasteiger partial charge < -0.3 is 20.6 Å². The summed E-state index contributed by atoms with van der Waals surface area (Å²) in [5.41, 5.74) is 1.79. The van der Waals surface area contributed by atoms with Gasteiger partial charge in [0.05, 0.1) is 6.10 Å². The Labute approximate surface area is 179 Å². The molecule has 1 heterocycles. The number of thioether (sulfide) groups is 1. The zero-order valence-electron chi connectivity index (χ0n) is 16.8. The molecule has 1 fully saturated rings. The van der Waals surface area contributed by atoms with Crippen LogP contribution in [0, 0.1) is 0 Å². The van der Waals surface area contributed by atoms with Crippen LogP contribution in [0.15, 0.2) is 53.4 Å². The summed E-state index contributed by atoms with van der Waals surface area (Å²) in [6.45, 7) is 0.569. The van der Waals surface area contributed by atoms with Gasteiger partial charge in [-0.3, -0.25) is 14.4 Å². The van der Waals surface area contributed by atoms with Crippen LogP contribution in [0.5, 0.6) is 0 Å². The zero-order valence-corrected chi connectivity index (χ0v) is 17.6. The highest BCUT2D eigenvalue weighted by molar-refractivity contribution is 7.98. The molecule has 2 aromatic rings. The minimum atomic E-state index is -0.911. The van der Waals surface area contributed by atoms with Crippen molar-refractivity contribution in [1.29, 1.82) is 0 Å². The number of nitrogens with zero attached hydrogens (tertiary/aromatic N) is 1. The number of aliphatic hydroxyl groups is 1. The fourth-order valence-electron chi connectivity index (χ4n) is 3.23. The molecule has 8 heteroatoms. The maximum atomic E-state index is 12.2. The molecule has 3 amide bonds. The molecule has 1 aliphatic rings. The van der Waals surface area contributed by atoms with Crippen molar-refractivity contribution in [2.24, 2.45) is 0 Å². The number of anilines is 2. The van der Waals surface area contributed by atoms with E-state index in [0.29, 0.717) is 29.9 Å². The summed E-state index contributed by atoms with van der Waals surface area (Å²) < 4.78 is 0. The Balaban J connectivity index is 1.54. The number of rotatable bonds is 6. The van der Waals surface area contributed by atoms with Crippen molar-refractivity contribution in [2.75, 3.05) is 29.6 Å². The third-order valence-corrected chi connectivity index (χ3v) is 5.65. The van der Waals surface area contributed by atoms with E-state index < -0.39 is 17.9 Å². The topological polar surface area (TPSA) is 98.7 Å². The highest BCUT2D eigenvalue weighted by Crippen LogP contribution is 2.24. The molecule has 0 aliphatic carbocycles. The molecule has 0 bridgehead atoms. The molecule has 7 nitrogen and oxygen atoms in total. The molecule has 0 radical (unpaired) electrons. The van der Waals surface area contributed by atoms with Gasteiger partial charge in [0.25, 0.3) is 0 Å². The van der Waals surface area contributed by atoms with Crippen molar-refractivity contribution in [1.82, 2.24) is 5.32 Å². The van der Waals surface area contributed by atoms with Gasteiger partial charge in [-0.25, -0.2) is 0 Å². The second-order valence-electron chi connectivity index (χ2n) is 7.01. The van der Waals surface area contributed by atoms with Crippen LogP contribution in [0.1, 0.15) is 30.9 Å². The molecule has 1 atom stereocenters. The Hall–Kier alpha value is -2.84. The second-order valence-corrected chi connectivity index (χ2v) is 7.89. The lowest BCUT2D eigenvalue weighted by Crippen LogP contribution is -2.38. The van der Waals surface area contributed by atoms with Gasteiger partial charge in [0, 0.05) is 35.8 Å². The highest BCUT2D eigenvalue weighted by atomic mass is 32.2. The Kier molecular flexibility index (Phi) is 7.48. The Bertz CT molecular complexity index is 917. The summed E-state index contributed by atoms with van der Waals surface area (Å²) in [4.78, 5) is 39.2. The first kappa shape index (κ1) is 21.9. The van der Waals surface area contributed by atoms with Crippen LogP contribution in [-0.2, 0) is 14.4 Å². The fraction of sp³-hybridized carbons (Fsp3) is 0.318. The molecular weight excluding hydrogens is 402 g/mol. The quantitative estimate of drug-likeness (QED) is 0.486. The number of amides is 3. The largest absolute Gasteiger partial charge is 0.387 e. The molecule has 1 saturated heterocycles. The van der Waals surface area contributed by atoms with Crippen molar-refractivity contribution >= 4 is 40.9 Å².